The lowest BCUT2D eigenvalue weighted by Crippen LogP contribution is -2.39. The van der Waals surface area contributed by atoms with Crippen LogP contribution in [0.4, 0.5) is 5.13 Å². The third-order valence-corrected chi connectivity index (χ3v) is 5.82. The zero-order chi connectivity index (χ0) is 20.1. The molecule has 0 N–H and O–H groups in total. The van der Waals surface area contributed by atoms with Crippen molar-refractivity contribution in [2.75, 3.05) is 38.2 Å². The van der Waals surface area contributed by atoms with Crippen LogP contribution < -0.4 is 9.64 Å². The smallest absolute Gasteiger partial charge is 0.280 e. The number of carbonyl (C=O) groups excluding carboxylic acids is 1. The van der Waals surface area contributed by atoms with Gasteiger partial charge in [0.1, 0.15) is 5.75 Å². The summed E-state index contributed by atoms with van der Waals surface area (Å²) in [6, 6.07) is 7.53. The van der Waals surface area contributed by atoms with Gasteiger partial charge in [-0.15, -0.1) is 0 Å². The zero-order valence-electron chi connectivity index (χ0n) is 16.9. The fraction of sp³-hybridized carbons (Fsp3) is 0.450. The van der Waals surface area contributed by atoms with Gasteiger partial charge in [-0.2, -0.15) is 5.10 Å². The Morgan fingerprint density at radius 2 is 1.96 bits per heavy atom. The Labute approximate surface area is 169 Å². The maximum Gasteiger partial charge on any atom is 0.280 e. The fourth-order valence-corrected chi connectivity index (χ4v) is 4.01. The molecule has 0 aliphatic heterocycles. The van der Waals surface area contributed by atoms with Crippen LogP contribution in [-0.2, 0) is 6.54 Å². The molecule has 150 valence electrons. The van der Waals surface area contributed by atoms with Gasteiger partial charge in [-0.1, -0.05) is 25.2 Å². The summed E-state index contributed by atoms with van der Waals surface area (Å²) in [5.41, 5.74) is 1.30. The molecule has 0 atom stereocenters. The molecule has 1 aromatic carbocycles. The minimum absolute atomic E-state index is 0.120. The number of thiazole rings is 1. The Morgan fingerprint density at radius 1 is 1.18 bits per heavy atom. The Bertz CT molecular complexity index is 932. The van der Waals surface area contributed by atoms with E-state index in [2.05, 4.69) is 23.8 Å². The molecule has 2 heterocycles. The monoisotopic (exact) mass is 401 g/mol. The molecule has 0 aliphatic rings. The molecule has 0 spiro atoms. The van der Waals surface area contributed by atoms with Crippen LogP contribution in [0.25, 0.3) is 10.2 Å². The maximum atomic E-state index is 13.2. The first kappa shape index (κ1) is 20.3. The van der Waals surface area contributed by atoms with Crippen molar-refractivity contribution in [2.24, 2.45) is 0 Å². The quantitative estimate of drug-likeness (QED) is 0.549. The molecule has 7 nitrogen and oxygen atoms in total. The number of amides is 1. The van der Waals surface area contributed by atoms with E-state index in [1.165, 1.54) is 11.3 Å². The molecule has 1 amide bonds. The van der Waals surface area contributed by atoms with Crippen LogP contribution in [0.1, 0.15) is 31.3 Å². The van der Waals surface area contributed by atoms with Crippen molar-refractivity contribution in [3.63, 3.8) is 0 Å². The fourth-order valence-electron chi connectivity index (χ4n) is 2.99. The molecule has 0 saturated heterocycles. The number of ether oxygens (including phenoxy) is 1. The number of likely N-dealkylation sites (N-methyl/N-ethyl adjacent to an activating group) is 1. The van der Waals surface area contributed by atoms with Crippen LogP contribution in [0.15, 0.2) is 30.5 Å². The normalized spacial score (nSPS) is 11.3. The lowest BCUT2D eigenvalue weighted by Gasteiger charge is -2.24. The topological polar surface area (TPSA) is 63.5 Å². The van der Waals surface area contributed by atoms with E-state index in [1.54, 1.807) is 22.8 Å². The summed E-state index contributed by atoms with van der Waals surface area (Å²) < 4.78 is 8.07. The van der Waals surface area contributed by atoms with Crippen molar-refractivity contribution in [3.8, 4) is 5.75 Å². The number of hydrogen-bond donors (Lipinski definition) is 0. The second-order valence-electron chi connectivity index (χ2n) is 6.37. The number of methoxy groups -OCH3 is 1. The summed E-state index contributed by atoms with van der Waals surface area (Å²) in [4.78, 5) is 22.0. The Morgan fingerprint density at radius 3 is 2.61 bits per heavy atom. The number of hydrogen-bond acceptors (Lipinski definition) is 6. The average molecular weight is 402 g/mol. The molecule has 0 saturated carbocycles. The van der Waals surface area contributed by atoms with Gasteiger partial charge < -0.3 is 9.64 Å². The number of aromatic nitrogens is 3. The summed E-state index contributed by atoms with van der Waals surface area (Å²) in [7, 11) is 1.65. The summed E-state index contributed by atoms with van der Waals surface area (Å²) >= 11 is 1.50. The molecule has 3 rings (SSSR count). The first-order valence-corrected chi connectivity index (χ1v) is 10.4. The van der Waals surface area contributed by atoms with Crippen molar-refractivity contribution in [2.45, 2.75) is 27.3 Å². The largest absolute Gasteiger partial charge is 0.497 e. The second kappa shape index (κ2) is 9.16. The molecule has 0 unspecified atom stereocenters. The molecule has 0 bridgehead atoms. The first-order valence-electron chi connectivity index (χ1n) is 9.61. The van der Waals surface area contributed by atoms with E-state index in [0.717, 1.165) is 42.1 Å². The highest BCUT2D eigenvalue weighted by atomic mass is 32.1. The Balaban J connectivity index is 1.93. The number of nitrogens with zero attached hydrogens (tertiary/aromatic N) is 5. The molecule has 3 aromatic rings. The number of anilines is 1. The van der Waals surface area contributed by atoms with Crippen LogP contribution in [0, 0.1) is 0 Å². The van der Waals surface area contributed by atoms with Crippen LogP contribution in [0.3, 0.4) is 0 Å². The molecule has 0 fully saturated rings. The molecule has 8 heteroatoms. The minimum Gasteiger partial charge on any atom is -0.497 e. The van der Waals surface area contributed by atoms with Crippen LogP contribution in [0.5, 0.6) is 5.75 Å². The highest BCUT2D eigenvalue weighted by Gasteiger charge is 2.23. The van der Waals surface area contributed by atoms with Crippen molar-refractivity contribution >= 4 is 32.6 Å². The predicted octanol–water partition coefficient (Wildman–Crippen LogP) is 3.51. The van der Waals surface area contributed by atoms with E-state index in [1.807, 2.05) is 31.3 Å². The van der Waals surface area contributed by atoms with Gasteiger partial charge in [-0.05, 0) is 44.3 Å². The SMILES string of the molecule is CCN(CC)CCN(C(=O)c1ccn(CC)n1)c1nc2ccc(OC)cc2s1. The van der Waals surface area contributed by atoms with Gasteiger partial charge in [0, 0.05) is 25.8 Å². The van der Waals surface area contributed by atoms with Crippen LogP contribution in [-0.4, -0.2) is 58.9 Å². The van der Waals surface area contributed by atoms with Gasteiger partial charge in [0.15, 0.2) is 10.8 Å². The van der Waals surface area contributed by atoms with Gasteiger partial charge in [-0.25, -0.2) is 4.98 Å². The van der Waals surface area contributed by atoms with E-state index in [0.29, 0.717) is 17.4 Å². The molecule has 0 radical (unpaired) electrons. The number of fused-ring (bicyclic) bond motifs is 1. The lowest BCUT2D eigenvalue weighted by molar-refractivity contribution is 0.0978. The molecular weight excluding hydrogens is 374 g/mol. The summed E-state index contributed by atoms with van der Waals surface area (Å²) in [6.45, 7) is 10.2. The Hall–Kier alpha value is -2.45. The average Bonchev–Trinajstić information content (AvgIpc) is 3.37. The number of carbonyl (C=O) groups is 1. The van der Waals surface area contributed by atoms with Gasteiger partial charge in [-0.3, -0.25) is 14.4 Å². The highest BCUT2D eigenvalue weighted by Crippen LogP contribution is 2.32. The van der Waals surface area contributed by atoms with Crippen molar-refractivity contribution in [3.05, 3.63) is 36.2 Å². The number of benzene rings is 1. The highest BCUT2D eigenvalue weighted by molar-refractivity contribution is 7.22. The molecular formula is C20H27N5O2S. The van der Waals surface area contributed by atoms with E-state index >= 15 is 0 Å². The van der Waals surface area contributed by atoms with Crippen molar-refractivity contribution < 1.29 is 9.53 Å². The molecule has 2 aromatic heterocycles. The van der Waals surface area contributed by atoms with E-state index in [4.69, 9.17) is 9.72 Å². The zero-order valence-corrected chi connectivity index (χ0v) is 17.7. The van der Waals surface area contributed by atoms with Gasteiger partial charge in [0.25, 0.3) is 5.91 Å². The lowest BCUT2D eigenvalue weighted by atomic mass is 10.3. The van der Waals surface area contributed by atoms with E-state index < -0.39 is 0 Å². The van der Waals surface area contributed by atoms with E-state index in [-0.39, 0.29) is 5.91 Å². The van der Waals surface area contributed by atoms with Crippen molar-refractivity contribution in [1.29, 1.82) is 0 Å². The summed E-state index contributed by atoms with van der Waals surface area (Å²) in [5, 5.41) is 5.08. The maximum absolute atomic E-state index is 13.2. The van der Waals surface area contributed by atoms with Crippen molar-refractivity contribution in [1.82, 2.24) is 19.7 Å². The number of rotatable bonds is 9. The van der Waals surface area contributed by atoms with Crippen LogP contribution >= 0.6 is 11.3 Å². The van der Waals surface area contributed by atoms with Crippen LogP contribution in [0.2, 0.25) is 0 Å². The summed E-state index contributed by atoms with van der Waals surface area (Å²) in [6.07, 6.45) is 1.83. The molecule has 0 aliphatic carbocycles. The van der Waals surface area contributed by atoms with Gasteiger partial charge in [0.2, 0.25) is 0 Å². The summed E-state index contributed by atoms with van der Waals surface area (Å²) in [5.74, 6) is 0.663. The minimum atomic E-state index is -0.120. The van der Waals surface area contributed by atoms with Gasteiger partial charge >= 0.3 is 0 Å². The predicted molar refractivity (Wildman–Crippen MR) is 114 cm³/mol. The molecule has 28 heavy (non-hydrogen) atoms. The second-order valence-corrected chi connectivity index (χ2v) is 7.38. The van der Waals surface area contributed by atoms with E-state index in [9.17, 15) is 4.79 Å². The third kappa shape index (κ3) is 4.34. The van der Waals surface area contributed by atoms with Gasteiger partial charge in [0.05, 0.1) is 17.3 Å². The third-order valence-electron chi connectivity index (χ3n) is 4.78. The Kier molecular flexibility index (Phi) is 6.64. The number of aryl methyl sites for hydroxylation is 1. The standard InChI is InChI=1S/C20H27N5O2S/c1-5-23(6-2)12-13-25(19(26)17-10-11-24(7-3)22-17)20-21-16-9-8-15(27-4)14-18(16)28-20/h8-11,14H,5-7,12-13H2,1-4H3. The first-order chi connectivity index (χ1) is 13.6.